The van der Waals surface area contributed by atoms with Gasteiger partial charge in [-0.05, 0) is 67.6 Å². The van der Waals surface area contributed by atoms with E-state index in [1.807, 2.05) is 31.2 Å². The van der Waals surface area contributed by atoms with Gasteiger partial charge in [0.15, 0.2) is 11.5 Å². The highest BCUT2D eigenvalue weighted by Crippen LogP contribution is 2.19. The van der Waals surface area contributed by atoms with Gasteiger partial charge in [0.25, 0.3) is 5.91 Å². The third-order valence-corrected chi connectivity index (χ3v) is 3.90. The van der Waals surface area contributed by atoms with Crippen LogP contribution in [0.2, 0.25) is 0 Å². The van der Waals surface area contributed by atoms with E-state index in [0.29, 0.717) is 23.7 Å². The van der Waals surface area contributed by atoms with Gasteiger partial charge in [-0.3, -0.25) is 4.79 Å². The molecule has 3 aromatic rings. The molecule has 1 aromatic heterocycles. The van der Waals surface area contributed by atoms with Crippen LogP contribution in [-0.2, 0) is 4.74 Å². The molecule has 0 radical (unpaired) electrons. The molecule has 0 aliphatic heterocycles. The Hall–Kier alpha value is -3.94. The van der Waals surface area contributed by atoms with Crippen molar-refractivity contribution in [3.63, 3.8) is 0 Å². The number of ether oxygens (including phenoxy) is 2. The Morgan fingerprint density at radius 1 is 0.897 bits per heavy atom. The van der Waals surface area contributed by atoms with Gasteiger partial charge >= 0.3 is 5.97 Å². The molecule has 0 unspecified atom stereocenters. The van der Waals surface area contributed by atoms with E-state index in [4.69, 9.17) is 4.74 Å². The summed E-state index contributed by atoms with van der Waals surface area (Å²) in [6.45, 7) is 2.54. The topological polar surface area (TPSA) is 102 Å². The van der Waals surface area contributed by atoms with E-state index in [0.717, 1.165) is 11.4 Å². The second kappa shape index (κ2) is 9.32. The molecule has 0 spiro atoms. The zero-order valence-corrected chi connectivity index (χ0v) is 16.0. The molecule has 1 heterocycles. The van der Waals surface area contributed by atoms with Crippen LogP contribution in [0.25, 0.3) is 0 Å². The third kappa shape index (κ3) is 5.29. The Morgan fingerprint density at radius 3 is 2.17 bits per heavy atom. The third-order valence-electron chi connectivity index (χ3n) is 3.90. The molecule has 8 nitrogen and oxygen atoms in total. The average molecular weight is 392 g/mol. The molecular formula is C21H20N4O4. The Morgan fingerprint density at radius 2 is 1.59 bits per heavy atom. The summed E-state index contributed by atoms with van der Waals surface area (Å²) in [5, 5.41) is 13.8. The fourth-order valence-electron chi connectivity index (χ4n) is 2.47. The number of nitrogens with one attached hydrogen (secondary N) is 2. The molecule has 1 amide bonds. The number of anilines is 3. The number of esters is 1. The Labute approximate surface area is 167 Å². The van der Waals surface area contributed by atoms with E-state index in [2.05, 4.69) is 25.6 Å². The molecular weight excluding hydrogens is 372 g/mol. The van der Waals surface area contributed by atoms with Gasteiger partial charge in [-0.1, -0.05) is 0 Å². The van der Waals surface area contributed by atoms with Crippen molar-refractivity contribution in [2.45, 2.75) is 6.92 Å². The lowest BCUT2D eigenvalue weighted by molar-refractivity contribution is 0.0600. The van der Waals surface area contributed by atoms with Crippen LogP contribution < -0.4 is 15.4 Å². The van der Waals surface area contributed by atoms with Gasteiger partial charge in [-0.2, -0.15) is 0 Å². The maximum Gasteiger partial charge on any atom is 0.337 e. The number of amides is 1. The van der Waals surface area contributed by atoms with Crippen molar-refractivity contribution in [1.29, 1.82) is 0 Å². The van der Waals surface area contributed by atoms with E-state index in [1.165, 1.54) is 7.11 Å². The lowest BCUT2D eigenvalue weighted by Crippen LogP contribution is -2.14. The quantitative estimate of drug-likeness (QED) is 0.592. The van der Waals surface area contributed by atoms with E-state index in [9.17, 15) is 9.59 Å². The number of methoxy groups -OCH3 is 1. The summed E-state index contributed by atoms with van der Waals surface area (Å²) < 4.78 is 10.0. The van der Waals surface area contributed by atoms with Gasteiger partial charge in [-0.15, -0.1) is 10.2 Å². The number of aromatic nitrogens is 2. The minimum atomic E-state index is -0.440. The predicted octanol–water partition coefficient (Wildman–Crippen LogP) is 3.66. The molecule has 8 heteroatoms. The first-order valence-corrected chi connectivity index (χ1v) is 8.92. The fraction of sp³-hybridized carbons (Fsp3) is 0.143. The van der Waals surface area contributed by atoms with Crippen molar-refractivity contribution < 1.29 is 19.1 Å². The van der Waals surface area contributed by atoms with Crippen molar-refractivity contribution in [1.82, 2.24) is 10.2 Å². The number of carbonyl (C=O) groups is 2. The van der Waals surface area contributed by atoms with Gasteiger partial charge in [0.2, 0.25) is 0 Å². The highest BCUT2D eigenvalue weighted by molar-refractivity contribution is 6.03. The summed E-state index contributed by atoms with van der Waals surface area (Å²) in [6, 6.07) is 17.0. The van der Waals surface area contributed by atoms with Crippen molar-refractivity contribution in [2.75, 3.05) is 24.4 Å². The van der Waals surface area contributed by atoms with Crippen LogP contribution in [0.1, 0.15) is 27.8 Å². The van der Waals surface area contributed by atoms with Crippen molar-refractivity contribution >= 4 is 29.1 Å². The molecule has 0 fully saturated rings. The molecule has 29 heavy (non-hydrogen) atoms. The van der Waals surface area contributed by atoms with Crippen LogP contribution in [0, 0.1) is 0 Å². The number of carbonyl (C=O) groups excluding carboxylic acids is 2. The lowest BCUT2D eigenvalue weighted by atomic mass is 10.2. The van der Waals surface area contributed by atoms with E-state index < -0.39 is 11.9 Å². The zero-order chi connectivity index (χ0) is 20.6. The average Bonchev–Trinajstić information content (AvgIpc) is 2.76. The summed E-state index contributed by atoms with van der Waals surface area (Å²) in [6.07, 6.45) is 0. The Kier molecular flexibility index (Phi) is 6.36. The SMILES string of the molecule is CCOc1ccc(Nc2ccc(C(=O)Nc3ccc(C(=O)OC)cc3)nn2)cc1. The molecule has 0 bridgehead atoms. The second-order valence-electron chi connectivity index (χ2n) is 5.91. The van der Waals surface area contributed by atoms with Crippen LogP contribution in [-0.4, -0.2) is 35.8 Å². The molecule has 0 atom stereocenters. The minimum Gasteiger partial charge on any atom is -0.494 e. The molecule has 0 saturated carbocycles. The first-order valence-electron chi connectivity index (χ1n) is 8.92. The van der Waals surface area contributed by atoms with Gasteiger partial charge < -0.3 is 20.1 Å². The van der Waals surface area contributed by atoms with Crippen molar-refractivity contribution in [2.24, 2.45) is 0 Å². The highest BCUT2D eigenvalue weighted by Gasteiger charge is 2.10. The number of benzene rings is 2. The Bertz CT molecular complexity index is 971. The van der Waals surface area contributed by atoms with Crippen LogP contribution in [0.15, 0.2) is 60.7 Å². The fourth-order valence-corrected chi connectivity index (χ4v) is 2.47. The molecule has 148 valence electrons. The zero-order valence-electron chi connectivity index (χ0n) is 16.0. The largest absolute Gasteiger partial charge is 0.494 e. The van der Waals surface area contributed by atoms with Gasteiger partial charge in [0.1, 0.15) is 5.75 Å². The van der Waals surface area contributed by atoms with Crippen molar-refractivity contribution in [3.8, 4) is 5.75 Å². The molecule has 2 N–H and O–H groups in total. The first-order chi connectivity index (χ1) is 14.1. The van der Waals surface area contributed by atoms with Gasteiger partial charge in [-0.25, -0.2) is 4.79 Å². The smallest absolute Gasteiger partial charge is 0.337 e. The standard InChI is InChI=1S/C21H20N4O4/c1-3-29-17-10-8-15(9-11-17)22-19-13-12-18(24-25-19)20(26)23-16-6-4-14(5-7-16)21(27)28-2/h4-13H,3H2,1-2H3,(H,22,25)(H,23,26). The van der Waals surface area contributed by atoms with Crippen LogP contribution >= 0.6 is 0 Å². The number of hydrogen-bond acceptors (Lipinski definition) is 7. The highest BCUT2D eigenvalue weighted by atomic mass is 16.5. The minimum absolute atomic E-state index is 0.166. The maximum absolute atomic E-state index is 12.3. The van der Waals surface area contributed by atoms with E-state index >= 15 is 0 Å². The van der Waals surface area contributed by atoms with Gasteiger partial charge in [0.05, 0.1) is 19.3 Å². The molecule has 2 aromatic carbocycles. The van der Waals surface area contributed by atoms with Crippen LogP contribution in [0.4, 0.5) is 17.2 Å². The summed E-state index contributed by atoms with van der Waals surface area (Å²) in [7, 11) is 1.31. The molecule has 0 aliphatic rings. The predicted molar refractivity (Wildman–Crippen MR) is 109 cm³/mol. The normalized spacial score (nSPS) is 10.1. The van der Waals surface area contributed by atoms with Crippen LogP contribution in [0.5, 0.6) is 5.75 Å². The van der Waals surface area contributed by atoms with Crippen molar-refractivity contribution in [3.05, 3.63) is 71.9 Å². The maximum atomic E-state index is 12.3. The number of nitrogens with zero attached hydrogens (tertiary/aromatic N) is 2. The summed E-state index contributed by atoms with van der Waals surface area (Å²) in [5.74, 6) is 0.448. The monoisotopic (exact) mass is 392 g/mol. The summed E-state index contributed by atoms with van der Waals surface area (Å²) in [5.41, 5.74) is 1.92. The van der Waals surface area contributed by atoms with E-state index in [1.54, 1.807) is 36.4 Å². The molecule has 3 rings (SSSR count). The second-order valence-corrected chi connectivity index (χ2v) is 5.91. The number of rotatable bonds is 7. The Balaban J connectivity index is 1.60. The number of hydrogen-bond donors (Lipinski definition) is 2. The van der Waals surface area contributed by atoms with Gasteiger partial charge in [0, 0.05) is 11.4 Å². The van der Waals surface area contributed by atoms with Crippen LogP contribution in [0.3, 0.4) is 0 Å². The van der Waals surface area contributed by atoms with E-state index in [-0.39, 0.29) is 5.69 Å². The summed E-state index contributed by atoms with van der Waals surface area (Å²) >= 11 is 0. The molecule has 0 saturated heterocycles. The first kappa shape index (κ1) is 19.8. The molecule has 0 aliphatic carbocycles. The lowest BCUT2D eigenvalue weighted by Gasteiger charge is -2.08. The summed E-state index contributed by atoms with van der Waals surface area (Å²) in [4.78, 5) is 23.8.